The Labute approximate surface area is 115 Å². The quantitative estimate of drug-likeness (QED) is 0.651. The van der Waals surface area contributed by atoms with Gasteiger partial charge < -0.3 is 10.5 Å². The molecule has 2 aromatic rings. The van der Waals surface area contributed by atoms with Crippen LogP contribution in [-0.2, 0) is 4.74 Å². The van der Waals surface area contributed by atoms with Crippen molar-refractivity contribution in [1.82, 2.24) is 0 Å². The maximum absolute atomic E-state index is 11.4. The Bertz CT molecular complexity index is 782. The molecule has 5 nitrogen and oxygen atoms in total. The minimum atomic E-state index is -0.354. The van der Waals surface area contributed by atoms with Crippen molar-refractivity contribution in [3.8, 4) is 0 Å². The SMILES string of the molecule is COC(=O)c1ccc([C@H]2N=c3ccc(N)cc3=N2)cc1. The van der Waals surface area contributed by atoms with E-state index in [1.54, 1.807) is 18.2 Å². The molecule has 20 heavy (non-hydrogen) atoms. The number of nitrogens with two attached hydrogens (primary N) is 1. The minimum absolute atomic E-state index is 0.279. The molecule has 1 aliphatic heterocycles. The van der Waals surface area contributed by atoms with Crippen molar-refractivity contribution in [3.05, 3.63) is 64.3 Å². The normalized spacial score (nSPS) is 15.9. The summed E-state index contributed by atoms with van der Waals surface area (Å²) < 4.78 is 4.67. The average molecular weight is 267 g/mol. The lowest BCUT2D eigenvalue weighted by Crippen LogP contribution is -2.21. The lowest BCUT2D eigenvalue weighted by molar-refractivity contribution is 0.0600. The number of benzene rings is 2. The summed E-state index contributed by atoms with van der Waals surface area (Å²) >= 11 is 0. The summed E-state index contributed by atoms with van der Waals surface area (Å²) in [7, 11) is 1.36. The molecule has 0 amide bonds. The maximum Gasteiger partial charge on any atom is 0.337 e. The number of hydrogen-bond acceptors (Lipinski definition) is 5. The molecule has 0 saturated carbocycles. The smallest absolute Gasteiger partial charge is 0.337 e. The van der Waals surface area contributed by atoms with E-state index in [0.29, 0.717) is 11.3 Å². The third kappa shape index (κ3) is 2.14. The van der Waals surface area contributed by atoms with Crippen molar-refractivity contribution >= 4 is 11.7 Å². The fraction of sp³-hybridized carbons (Fsp3) is 0.133. The molecule has 0 aliphatic carbocycles. The second kappa shape index (κ2) is 4.77. The Hall–Kier alpha value is -2.69. The molecule has 0 saturated heterocycles. The van der Waals surface area contributed by atoms with Gasteiger partial charge in [-0.25, -0.2) is 4.79 Å². The second-order valence-electron chi connectivity index (χ2n) is 4.49. The topological polar surface area (TPSA) is 77.0 Å². The summed E-state index contributed by atoms with van der Waals surface area (Å²) in [6.45, 7) is 0. The molecule has 0 aromatic heterocycles. The molecule has 3 rings (SSSR count). The summed E-state index contributed by atoms with van der Waals surface area (Å²) in [5.74, 6) is -0.354. The minimum Gasteiger partial charge on any atom is -0.465 e. The summed E-state index contributed by atoms with van der Waals surface area (Å²) in [5, 5.41) is 1.63. The van der Waals surface area contributed by atoms with Crippen LogP contribution in [-0.4, -0.2) is 13.1 Å². The molecular formula is C15H13N3O2. The van der Waals surface area contributed by atoms with E-state index in [4.69, 9.17) is 5.73 Å². The molecule has 0 unspecified atom stereocenters. The lowest BCUT2D eigenvalue weighted by Gasteiger charge is -2.05. The fourth-order valence-corrected chi connectivity index (χ4v) is 2.10. The number of carbonyl (C=O) groups excluding carboxylic acids is 1. The van der Waals surface area contributed by atoms with Gasteiger partial charge in [0.15, 0.2) is 6.17 Å². The average Bonchev–Trinajstić information content (AvgIpc) is 2.89. The predicted octanol–water partition coefficient (Wildman–Crippen LogP) is 1.01. The number of hydrogen-bond donors (Lipinski definition) is 1. The molecule has 1 aliphatic rings. The largest absolute Gasteiger partial charge is 0.465 e. The zero-order valence-electron chi connectivity index (χ0n) is 10.9. The second-order valence-corrected chi connectivity index (χ2v) is 4.49. The van der Waals surface area contributed by atoms with E-state index in [1.165, 1.54) is 7.11 Å². The van der Waals surface area contributed by atoms with Crippen molar-refractivity contribution in [2.24, 2.45) is 9.98 Å². The molecule has 2 N–H and O–H groups in total. The highest BCUT2D eigenvalue weighted by molar-refractivity contribution is 5.89. The molecule has 0 spiro atoms. The van der Waals surface area contributed by atoms with Gasteiger partial charge in [0.1, 0.15) is 0 Å². The number of esters is 1. The summed E-state index contributed by atoms with van der Waals surface area (Å²) in [5.41, 5.74) is 7.83. The summed E-state index contributed by atoms with van der Waals surface area (Å²) in [4.78, 5) is 20.4. The van der Waals surface area contributed by atoms with Crippen LogP contribution in [0, 0.1) is 0 Å². The van der Waals surface area contributed by atoms with Gasteiger partial charge in [0, 0.05) is 5.69 Å². The molecule has 1 heterocycles. The summed E-state index contributed by atoms with van der Waals surface area (Å²) in [6.07, 6.45) is -0.279. The van der Waals surface area contributed by atoms with Gasteiger partial charge >= 0.3 is 5.97 Å². The number of carbonyl (C=O) groups is 1. The molecule has 5 heteroatoms. The van der Waals surface area contributed by atoms with E-state index in [0.717, 1.165) is 16.3 Å². The Morgan fingerprint density at radius 1 is 1.10 bits per heavy atom. The Balaban J connectivity index is 1.94. The first-order valence-electron chi connectivity index (χ1n) is 6.17. The predicted molar refractivity (Wildman–Crippen MR) is 73.7 cm³/mol. The number of ether oxygens (including phenoxy) is 1. The molecule has 0 fully saturated rings. The molecule has 1 atom stereocenters. The zero-order valence-corrected chi connectivity index (χ0v) is 10.9. The Morgan fingerprint density at radius 3 is 2.50 bits per heavy atom. The molecule has 2 aromatic carbocycles. The van der Waals surface area contributed by atoms with Crippen LogP contribution in [0.2, 0.25) is 0 Å². The first-order chi connectivity index (χ1) is 9.67. The van der Waals surface area contributed by atoms with Crippen LogP contribution < -0.4 is 16.4 Å². The van der Waals surface area contributed by atoms with E-state index in [-0.39, 0.29) is 12.1 Å². The monoisotopic (exact) mass is 267 g/mol. The van der Waals surface area contributed by atoms with Crippen LogP contribution in [0.4, 0.5) is 5.69 Å². The number of nitrogen functional groups attached to an aromatic ring is 1. The molecule has 0 radical (unpaired) electrons. The number of anilines is 1. The Morgan fingerprint density at radius 2 is 1.80 bits per heavy atom. The van der Waals surface area contributed by atoms with Crippen molar-refractivity contribution in [3.63, 3.8) is 0 Å². The molecule has 100 valence electrons. The fourth-order valence-electron chi connectivity index (χ4n) is 2.10. The van der Waals surface area contributed by atoms with Gasteiger partial charge in [-0.05, 0) is 35.9 Å². The van der Waals surface area contributed by atoms with Crippen LogP contribution in [0.25, 0.3) is 0 Å². The number of methoxy groups -OCH3 is 1. The molecular weight excluding hydrogens is 254 g/mol. The van der Waals surface area contributed by atoms with Crippen LogP contribution in [0.5, 0.6) is 0 Å². The van der Waals surface area contributed by atoms with Gasteiger partial charge in [0.25, 0.3) is 0 Å². The number of nitrogens with zero attached hydrogens (tertiary/aromatic N) is 2. The third-order valence-electron chi connectivity index (χ3n) is 3.15. The van der Waals surface area contributed by atoms with Gasteiger partial charge in [0.05, 0.1) is 23.4 Å². The lowest BCUT2D eigenvalue weighted by atomic mass is 10.1. The third-order valence-corrected chi connectivity index (χ3v) is 3.15. The standard InChI is InChI=1S/C15H13N3O2/c1-20-15(19)10-4-2-9(3-5-10)14-17-12-7-6-11(16)8-13(12)18-14/h2-8,14H,16H2,1H3/t14-/m0/s1. The highest BCUT2D eigenvalue weighted by Gasteiger charge is 2.13. The van der Waals surface area contributed by atoms with E-state index in [1.807, 2.05) is 24.3 Å². The van der Waals surface area contributed by atoms with E-state index >= 15 is 0 Å². The van der Waals surface area contributed by atoms with Gasteiger partial charge in [-0.3, -0.25) is 9.98 Å². The summed E-state index contributed by atoms with van der Waals surface area (Å²) in [6, 6.07) is 12.6. The van der Waals surface area contributed by atoms with Crippen LogP contribution in [0.15, 0.2) is 52.4 Å². The zero-order chi connectivity index (χ0) is 14.1. The maximum atomic E-state index is 11.4. The molecule has 0 bridgehead atoms. The highest BCUT2D eigenvalue weighted by atomic mass is 16.5. The van der Waals surface area contributed by atoms with E-state index in [2.05, 4.69) is 14.7 Å². The van der Waals surface area contributed by atoms with Crippen LogP contribution in [0.3, 0.4) is 0 Å². The van der Waals surface area contributed by atoms with Crippen LogP contribution >= 0.6 is 0 Å². The van der Waals surface area contributed by atoms with Gasteiger partial charge in [-0.2, -0.15) is 0 Å². The van der Waals surface area contributed by atoms with Crippen molar-refractivity contribution in [2.75, 3.05) is 12.8 Å². The highest BCUT2D eigenvalue weighted by Crippen LogP contribution is 2.20. The van der Waals surface area contributed by atoms with Gasteiger partial charge in [-0.1, -0.05) is 12.1 Å². The van der Waals surface area contributed by atoms with E-state index in [9.17, 15) is 4.79 Å². The van der Waals surface area contributed by atoms with Crippen LogP contribution in [0.1, 0.15) is 22.1 Å². The first kappa shape index (κ1) is 12.3. The van der Waals surface area contributed by atoms with E-state index < -0.39 is 0 Å². The number of fused-ring (bicyclic) bond motifs is 1. The first-order valence-corrected chi connectivity index (χ1v) is 6.17. The number of rotatable bonds is 2. The van der Waals surface area contributed by atoms with Gasteiger partial charge in [0.2, 0.25) is 0 Å². The Kier molecular flexibility index (Phi) is 2.95. The van der Waals surface area contributed by atoms with Crippen molar-refractivity contribution in [1.29, 1.82) is 0 Å². The van der Waals surface area contributed by atoms with Gasteiger partial charge in [-0.15, -0.1) is 0 Å². The van der Waals surface area contributed by atoms with Crippen molar-refractivity contribution < 1.29 is 9.53 Å². The van der Waals surface area contributed by atoms with Crippen molar-refractivity contribution in [2.45, 2.75) is 6.17 Å².